The number of carbonyl (C=O) groups is 4. The molecule has 0 saturated carbocycles. The number of carboxylic acids is 1. The first-order chi connectivity index (χ1) is 53.3. The van der Waals surface area contributed by atoms with Gasteiger partial charge in [-0.3, -0.25) is 24.4 Å². The number of rotatable bonds is 19. The topological polar surface area (TPSA) is 478 Å². The van der Waals surface area contributed by atoms with Gasteiger partial charge in [0, 0.05) is 119 Å². The number of phenols is 3. The van der Waals surface area contributed by atoms with Crippen molar-refractivity contribution in [2.75, 3.05) is 46.3 Å². The molecule has 558 valence electrons. The van der Waals surface area contributed by atoms with Crippen LogP contribution < -0.4 is 32.0 Å². The molecule has 0 fully saturated rings. The van der Waals surface area contributed by atoms with Gasteiger partial charge >= 0.3 is 5.97 Å². The molecule has 6 aromatic carbocycles. The number of ketones is 1. The zero-order valence-electron chi connectivity index (χ0n) is 58.7. The molecule has 0 bridgehead atoms. The number of aliphatic imine (C=N–C) groups is 1. The fraction of sp³-hybridized carbons (Fsp3) is 0.167. The van der Waals surface area contributed by atoms with Crippen LogP contribution in [0.1, 0.15) is 70.7 Å². The number of carboxylic acid groups (broad SMARTS) is 1. The summed E-state index contributed by atoms with van der Waals surface area (Å²) in [5.74, 6) is -2.20. The summed E-state index contributed by atoms with van der Waals surface area (Å²) in [4.78, 5) is 66.9. The molecule has 0 spiro atoms. The number of hydrazone groups is 1. The minimum absolute atomic E-state index is 0.00190. The summed E-state index contributed by atoms with van der Waals surface area (Å²) in [6.45, 7) is 11.3. The number of amides is 2. The standard InChI is InChI=1S/C21H20N6O2S.C19H15N5O3S.C18H15N5O4S2.C14H14N6O2S/c1-3-17(28)24-16-11-15(18-12(19(16)29)7-5-9-14(18)22-4-2)25-26-21-13-8-6-10-23-20(13)27-30-21;1-2-20-13-7-3-5-10-15(13)14(9-12(16(10)25)19(26)27)22-23-18-11-6-4-8-21-17(11)24-28-18;1-2-19-12-7-3-5-10-15(12)13(9-14(16(10)24)29(25,26)27)21-22-18-11-6-4-8-20-17(11)23-28-18;1-2-11(22)17-13-9(21)5-6-10(16-13)18-19-14-8-4-3-7-15-12(8)20-23-14/h5-11,22,29H,3-4H2,1-2H3,(H,24,28);3-9,20,25H,2H2,1H3,(H,26,27);3-9,19,24H,2H2,1H3,(H,25,26,27);3-4,7,19H,2,5-6H2,1H3,(H,16,17,18,22). The number of carbonyl (C=O) groups excluding carboxylic acids is 3. The van der Waals surface area contributed by atoms with E-state index in [2.05, 4.69) is 110 Å². The maximum Gasteiger partial charge on any atom is 0.339 e. The molecular weight excluding hydrogens is 1510 g/mol. The van der Waals surface area contributed by atoms with E-state index in [4.69, 9.17) is 0 Å². The van der Waals surface area contributed by atoms with Crippen LogP contribution in [-0.4, -0.2) is 126 Å². The van der Waals surface area contributed by atoms with Gasteiger partial charge in [0.1, 0.15) is 32.7 Å². The third-order valence-corrected chi connectivity index (χ3v) is 20.0. The summed E-state index contributed by atoms with van der Waals surface area (Å²) in [6.07, 6.45) is 7.91. The molecule has 0 unspecified atom stereocenters. The Bertz CT molecular complexity index is 6160. The highest BCUT2D eigenvalue weighted by Crippen LogP contribution is 2.47. The number of aromatic carboxylic acids is 1. The van der Waals surface area contributed by atoms with Gasteiger partial charge in [0.05, 0.1) is 44.3 Å². The van der Waals surface area contributed by atoms with Crippen LogP contribution in [0.25, 0.3) is 76.5 Å². The number of hydrogen-bond acceptors (Lipinski definition) is 32. The van der Waals surface area contributed by atoms with Gasteiger partial charge in [0.25, 0.3) is 10.1 Å². The maximum absolute atomic E-state index is 11.9. The van der Waals surface area contributed by atoms with Crippen LogP contribution in [-0.2, 0) is 24.5 Å². The van der Waals surface area contributed by atoms with Crippen molar-refractivity contribution in [3.63, 3.8) is 0 Å². The number of aromatic hydroxyl groups is 3. The van der Waals surface area contributed by atoms with Crippen molar-refractivity contribution in [1.82, 2.24) is 42.7 Å². The van der Waals surface area contributed by atoms with Gasteiger partial charge < -0.3 is 47.0 Å². The second-order valence-corrected chi connectivity index (χ2v) is 27.7. The number of nitrogens with zero attached hydrogens (tertiary/aromatic N) is 16. The summed E-state index contributed by atoms with van der Waals surface area (Å²) >= 11 is 4.74. The third-order valence-electron chi connectivity index (χ3n) is 16.2. The predicted molar refractivity (Wildman–Crippen MR) is 428 cm³/mol. The van der Waals surface area contributed by atoms with Crippen molar-refractivity contribution < 1.29 is 52.6 Å². The lowest BCUT2D eigenvalue weighted by Crippen LogP contribution is -2.38. The van der Waals surface area contributed by atoms with E-state index in [9.17, 15) is 52.6 Å². The molecule has 38 heteroatoms. The van der Waals surface area contributed by atoms with Crippen molar-refractivity contribution in [2.45, 2.75) is 65.2 Å². The Balaban J connectivity index is 0.000000137. The first-order valence-electron chi connectivity index (χ1n) is 33.7. The smallest absolute Gasteiger partial charge is 0.339 e. The van der Waals surface area contributed by atoms with Gasteiger partial charge in [-0.2, -0.15) is 31.0 Å². The Morgan fingerprint density at radius 3 is 1.34 bits per heavy atom. The van der Waals surface area contributed by atoms with E-state index < -0.39 is 26.7 Å². The molecule has 8 aromatic heterocycles. The van der Waals surface area contributed by atoms with Crippen molar-refractivity contribution >= 4 is 228 Å². The molecule has 2 amide bonds. The molecule has 0 radical (unpaired) electrons. The molecule has 0 aliphatic carbocycles. The van der Waals surface area contributed by atoms with Crippen molar-refractivity contribution in [3.05, 3.63) is 152 Å². The van der Waals surface area contributed by atoms with E-state index in [0.717, 1.165) is 67.1 Å². The minimum Gasteiger partial charge on any atom is -0.506 e. The Morgan fingerprint density at radius 2 is 0.882 bits per heavy atom. The largest absolute Gasteiger partial charge is 0.506 e. The highest BCUT2D eigenvalue weighted by molar-refractivity contribution is 7.86. The number of anilines is 5. The van der Waals surface area contributed by atoms with E-state index in [1.165, 1.54) is 29.1 Å². The SMILES string of the molecule is CCC(=O)NC1=NC(=NNc2snc3ncccc23)CCC1=O.CCNc1cccc2c(O)c(C(=O)O)cc(N=Nc3snc4ncccc34)c12.CCNc1cccc2c(O)c(NC(=O)CC)cc(N=Nc3snc4ncccc34)c12.CCNc1cccc2c(O)c(S(=O)(=O)O)cc(N=Nc3snc4ncccc34)c12. The summed E-state index contributed by atoms with van der Waals surface area (Å²) < 4.78 is 50.0. The molecule has 0 atom stereocenters. The minimum atomic E-state index is -4.67. The Labute approximate surface area is 640 Å². The first kappa shape index (κ1) is 76.6. The highest BCUT2D eigenvalue weighted by atomic mass is 32.2. The summed E-state index contributed by atoms with van der Waals surface area (Å²) in [7, 11) is -4.67. The van der Waals surface area contributed by atoms with E-state index in [1.807, 2.05) is 75.4 Å². The number of phenolic OH excluding ortho intramolecular Hbond substituents is 2. The Hall–Kier alpha value is -13.0. The molecule has 33 nitrogen and oxygen atoms in total. The zero-order chi connectivity index (χ0) is 77.6. The summed E-state index contributed by atoms with van der Waals surface area (Å²) in [6, 6.07) is 34.5. The first-order valence-corrected chi connectivity index (χ1v) is 38.2. The van der Waals surface area contributed by atoms with Crippen LogP contribution in [0, 0.1) is 0 Å². The van der Waals surface area contributed by atoms with Gasteiger partial charge in [-0.05, 0) is 152 Å². The summed E-state index contributed by atoms with van der Waals surface area (Å²) in [5.41, 5.74) is 8.61. The molecule has 1 aliphatic heterocycles. The van der Waals surface area contributed by atoms with Crippen LogP contribution in [0.2, 0.25) is 0 Å². The number of amidine groups is 2. The molecule has 110 heavy (non-hydrogen) atoms. The number of nitrogens with one attached hydrogen (secondary N) is 6. The van der Waals surface area contributed by atoms with Crippen LogP contribution >= 0.6 is 46.1 Å². The van der Waals surface area contributed by atoms with Crippen molar-refractivity contribution in [3.8, 4) is 17.2 Å². The number of azo groups is 3. The molecule has 14 aromatic rings. The number of hydrogen-bond donors (Lipinski definition) is 11. The number of aromatic nitrogens is 8. The number of fused-ring (bicyclic) bond motifs is 7. The van der Waals surface area contributed by atoms with Gasteiger partial charge in [-0.15, -0.1) is 30.7 Å². The van der Waals surface area contributed by atoms with E-state index in [1.54, 1.807) is 93.2 Å². The van der Waals surface area contributed by atoms with E-state index in [-0.39, 0.29) is 64.4 Å². The maximum atomic E-state index is 11.9. The molecule has 0 saturated heterocycles. The summed E-state index contributed by atoms with van der Waals surface area (Å²) in [5, 5.41) is 94.8. The lowest BCUT2D eigenvalue weighted by molar-refractivity contribution is -0.120. The van der Waals surface area contributed by atoms with Crippen molar-refractivity contribution in [2.24, 2.45) is 40.8 Å². The Morgan fingerprint density at radius 1 is 0.473 bits per heavy atom. The van der Waals surface area contributed by atoms with Gasteiger partial charge in [-0.1, -0.05) is 50.2 Å². The average Bonchev–Trinajstić information content (AvgIpc) is 1.76. The number of pyridine rings is 4. The van der Waals surface area contributed by atoms with Crippen LogP contribution in [0.3, 0.4) is 0 Å². The average molecular weight is 1570 g/mol. The van der Waals surface area contributed by atoms with E-state index >= 15 is 0 Å². The highest BCUT2D eigenvalue weighted by Gasteiger charge is 2.25. The van der Waals surface area contributed by atoms with Crippen molar-refractivity contribution in [1.29, 1.82) is 0 Å². The Kier molecular flexibility index (Phi) is 24.2. The normalized spacial score (nSPS) is 12.7. The second kappa shape index (κ2) is 34.7. The molecule has 15 rings (SSSR count). The van der Waals surface area contributed by atoms with Crippen LogP contribution in [0.15, 0.2) is 192 Å². The lowest BCUT2D eigenvalue weighted by Gasteiger charge is -2.14. The van der Waals surface area contributed by atoms with Crippen LogP contribution in [0.4, 0.5) is 59.8 Å². The lowest BCUT2D eigenvalue weighted by atomic mass is 10.0. The van der Waals surface area contributed by atoms with E-state index in [0.29, 0.717) is 126 Å². The monoisotopic (exact) mass is 1570 g/mol. The third kappa shape index (κ3) is 17.2. The quantitative estimate of drug-likeness (QED) is 0.0155. The van der Waals surface area contributed by atoms with Gasteiger partial charge in [0.15, 0.2) is 55.0 Å². The fourth-order valence-corrected chi connectivity index (χ4v) is 14.3. The molecule has 11 N–H and O–H groups in total. The molecular formula is C72H64N22O11S5. The number of Topliss-reactive ketones (excluding diaryl/α,β-unsaturated/α-hetero) is 1. The fourth-order valence-electron chi connectivity index (χ4n) is 11.1. The van der Waals surface area contributed by atoms with Gasteiger partial charge in [-0.25, -0.2) is 29.7 Å². The second-order valence-electron chi connectivity index (χ2n) is 23.3. The predicted octanol–water partition coefficient (Wildman–Crippen LogP) is 17.2. The number of benzene rings is 6. The molecule has 9 heterocycles. The van der Waals surface area contributed by atoms with Crippen LogP contribution in [0.5, 0.6) is 17.2 Å². The molecule has 1 aliphatic rings. The zero-order valence-corrected chi connectivity index (χ0v) is 62.8. The van der Waals surface area contributed by atoms with Gasteiger partial charge in [0.2, 0.25) is 11.8 Å².